The van der Waals surface area contributed by atoms with Crippen molar-refractivity contribution in [2.24, 2.45) is 0 Å². The van der Waals surface area contributed by atoms with Crippen LogP contribution in [-0.2, 0) is 7.59 Å². The standard InChI is InChI=1S/C16H13Cl6N3O2/c1-8-10(26-2)6-9(7-11(8)27-3)4-5-12-23-13(15(17,18)19)25-14(24-12)16(20,21)22/h4-7H,1-3H3/b5-4+. The van der Waals surface area contributed by atoms with Gasteiger partial charge in [-0.1, -0.05) is 75.7 Å². The first kappa shape index (κ1) is 22.6. The van der Waals surface area contributed by atoms with Crippen molar-refractivity contribution in [3.8, 4) is 11.5 Å². The average molecular weight is 492 g/mol. The molecular formula is C16H13Cl6N3O2. The zero-order valence-corrected chi connectivity index (χ0v) is 18.8. The summed E-state index contributed by atoms with van der Waals surface area (Å²) in [6.45, 7) is 1.89. The van der Waals surface area contributed by atoms with Gasteiger partial charge in [0.2, 0.25) is 7.59 Å². The van der Waals surface area contributed by atoms with Gasteiger partial charge in [0, 0.05) is 5.56 Å². The van der Waals surface area contributed by atoms with Crippen molar-refractivity contribution < 1.29 is 9.47 Å². The lowest BCUT2D eigenvalue weighted by atomic mass is 10.1. The number of nitrogens with zero attached hydrogens (tertiary/aromatic N) is 3. The van der Waals surface area contributed by atoms with E-state index >= 15 is 0 Å². The first-order valence-electron chi connectivity index (χ1n) is 7.27. The minimum absolute atomic E-state index is 0.145. The molecule has 0 atom stereocenters. The van der Waals surface area contributed by atoms with E-state index in [2.05, 4.69) is 15.0 Å². The van der Waals surface area contributed by atoms with Crippen LogP contribution in [0.3, 0.4) is 0 Å². The monoisotopic (exact) mass is 489 g/mol. The Bertz CT molecular complexity index is 805. The molecule has 0 spiro atoms. The van der Waals surface area contributed by atoms with Gasteiger partial charge in [-0.25, -0.2) is 15.0 Å². The lowest BCUT2D eigenvalue weighted by Crippen LogP contribution is -2.16. The molecular weight excluding hydrogens is 479 g/mol. The minimum Gasteiger partial charge on any atom is -0.496 e. The lowest BCUT2D eigenvalue weighted by Gasteiger charge is -2.14. The molecule has 0 N–H and O–H groups in total. The van der Waals surface area contributed by atoms with Gasteiger partial charge in [0.05, 0.1) is 14.2 Å². The molecule has 0 unspecified atom stereocenters. The molecule has 1 aromatic carbocycles. The highest BCUT2D eigenvalue weighted by molar-refractivity contribution is 6.67. The fraction of sp³-hybridized carbons (Fsp3) is 0.312. The van der Waals surface area contributed by atoms with Gasteiger partial charge >= 0.3 is 0 Å². The minimum atomic E-state index is -1.91. The van der Waals surface area contributed by atoms with E-state index in [1.54, 1.807) is 26.4 Å². The smallest absolute Gasteiger partial charge is 0.250 e. The molecule has 0 aliphatic heterocycles. The molecule has 11 heteroatoms. The maximum Gasteiger partial charge on any atom is 0.250 e. The van der Waals surface area contributed by atoms with Crippen molar-refractivity contribution in [2.75, 3.05) is 14.2 Å². The molecule has 0 aliphatic carbocycles. The summed E-state index contributed by atoms with van der Waals surface area (Å²) in [5, 5.41) is 0. The molecule has 146 valence electrons. The number of methoxy groups -OCH3 is 2. The topological polar surface area (TPSA) is 57.1 Å². The van der Waals surface area contributed by atoms with Crippen LogP contribution in [0.25, 0.3) is 12.2 Å². The van der Waals surface area contributed by atoms with E-state index in [0.29, 0.717) is 11.5 Å². The molecule has 5 nitrogen and oxygen atoms in total. The van der Waals surface area contributed by atoms with Crippen LogP contribution < -0.4 is 9.47 Å². The number of aromatic nitrogens is 3. The highest BCUT2D eigenvalue weighted by atomic mass is 35.6. The molecule has 0 saturated carbocycles. The first-order chi connectivity index (χ1) is 12.5. The zero-order chi connectivity index (χ0) is 20.4. The largest absolute Gasteiger partial charge is 0.496 e. The molecule has 0 amide bonds. The average Bonchev–Trinajstić information content (AvgIpc) is 2.59. The van der Waals surface area contributed by atoms with Crippen molar-refractivity contribution in [1.82, 2.24) is 15.0 Å². The van der Waals surface area contributed by atoms with Gasteiger partial charge < -0.3 is 9.47 Å². The van der Waals surface area contributed by atoms with Crippen LogP contribution in [0.4, 0.5) is 0 Å². The second-order valence-corrected chi connectivity index (χ2v) is 9.78. The summed E-state index contributed by atoms with van der Waals surface area (Å²) in [5.74, 6) is 1.14. The first-order valence-corrected chi connectivity index (χ1v) is 9.53. The summed E-state index contributed by atoms with van der Waals surface area (Å²) in [4.78, 5) is 12.1. The third-order valence-corrected chi connectivity index (χ3v) is 4.37. The fourth-order valence-electron chi connectivity index (χ4n) is 2.09. The van der Waals surface area contributed by atoms with Crippen LogP contribution in [0.1, 0.15) is 28.6 Å². The highest BCUT2D eigenvalue weighted by Crippen LogP contribution is 2.40. The molecule has 27 heavy (non-hydrogen) atoms. The normalized spacial score (nSPS) is 12.5. The van der Waals surface area contributed by atoms with Crippen molar-refractivity contribution in [3.63, 3.8) is 0 Å². The molecule has 0 saturated heterocycles. The van der Waals surface area contributed by atoms with Crippen LogP contribution in [0.15, 0.2) is 12.1 Å². The summed E-state index contributed by atoms with van der Waals surface area (Å²) >= 11 is 35.1. The van der Waals surface area contributed by atoms with E-state index < -0.39 is 7.59 Å². The Morgan fingerprint density at radius 1 is 0.778 bits per heavy atom. The van der Waals surface area contributed by atoms with E-state index in [9.17, 15) is 0 Å². The van der Waals surface area contributed by atoms with Crippen molar-refractivity contribution in [3.05, 3.63) is 40.7 Å². The van der Waals surface area contributed by atoms with Gasteiger partial charge in [-0.15, -0.1) is 0 Å². The van der Waals surface area contributed by atoms with E-state index in [1.807, 2.05) is 19.1 Å². The number of halogens is 6. The second kappa shape index (κ2) is 8.76. The number of benzene rings is 1. The number of hydrogen-bond donors (Lipinski definition) is 0. The number of rotatable bonds is 4. The second-order valence-electron chi connectivity index (χ2n) is 5.22. The summed E-state index contributed by atoms with van der Waals surface area (Å²) in [5.41, 5.74) is 1.63. The highest BCUT2D eigenvalue weighted by Gasteiger charge is 2.33. The molecule has 0 aliphatic rings. The quantitative estimate of drug-likeness (QED) is 0.489. The van der Waals surface area contributed by atoms with Crippen molar-refractivity contribution in [1.29, 1.82) is 0 Å². The van der Waals surface area contributed by atoms with Crippen molar-refractivity contribution >= 4 is 81.8 Å². The third kappa shape index (κ3) is 5.89. The summed E-state index contributed by atoms with van der Waals surface area (Å²) in [6, 6.07) is 3.64. The molecule has 2 aromatic rings. The van der Waals surface area contributed by atoms with E-state index in [1.165, 1.54) is 0 Å². The van der Waals surface area contributed by atoms with Crippen LogP contribution >= 0.6 is 69.6 Å². The molecule has 0 bridgehead atoms. The number of alkyl halides is 6. The van der Waals surface area contributed by atoms with Gasteiger partial charge in [0.1, 0.15) is 11.5 Å². The maximum atomic E-state index is 5.86. The van der Waals surface area contributed by atoms with Gasteiger partial charge in [0.25, 0.3) is 0 Å². The van der Waals surface area contributed by atoms with Gasteiger partial charge in [-0.3, -0.25) is 0 Å². The Kier molecular flexibility index (Phi) is 7.34. The van der Waals surface area contributed by atoms with Crippen LogP contribution in [-0.4, -0.2) is 29.2 Å². The molecule has 1 heterocycles. The Morgan fingerprint density at radius 3 is 1.59 bits per heavy atom. The van der Waals surface area contributed by atoms with Crippen LogP contribution in [0, 0.1) is 6.92 Å². The predicted octanol–water partition coefficient (Wildman–Crippen LogP) is 6.02. The SMILES string of the molecule is COc1cc(/C=C/c2nc(C(Cl)(Cl)Cl)nc(C(Cl)(Cl)Cl)n2)cc(OC)c1C. The molecule has 0 fully saturated rings. The maximum absolute atomic E-state index is 5.86. The Morgan fingerprint density at radius 2 is 1.22 bits per heavy atom. The predicted molar refractivity (Wildman–Crippen MR) is 112 cm³/mol. The van der Waals surface area contributed by atoms with E-state index in [4.69, 9.17) is 79.1 Å². The van der Waals surface area contributed by atoms with E-state index in [0.717, 1.165) is 11.1 Å². The molecule has 2 rings (SSSR count). The van der Waals surface area contributed by atoms with Gasteiger partial charge in [-0.05, 0) is 30.7 Å². The zero-order valence-electron chi connectivity index (χ0n) is 14.2. The lowest BCUT2D eigenvalue weighted by molar-refractivity contribution is 0.388. The van der Waals surface area contributed by atoms with Gasteiger partial charge in [-0.2, -0.15) is 0 Å². The van der Waals surface area contributed by atoms with Crippen LogP contribution in [0.2, 0.25) is 0 Å². The van der Waals surface area contributed by atoms with Crippen LogP contribution in [0.5, 0.6) is 11.5 Å². The summed E-state index contributed by atoms with van der Waals surface area (Å²) in [7, 11) is 3.14. The third-order valence-electron chi connectivity index (χ3n) is 3.36. The van der Waals surface area contributed by atoms with E-state index in [-0.39, 0.29) is 17.5 Å². The number of ether oxygens (including phenoxy) is 2. The molecule has 1 aromatic heterocycles. The Balaban J connectivity index is 2.50. The van der Waals surface area contributed by atoms with Crippen molar-refractivity contribution in [2.45, 2.75) is 14.5 Å². The Hall–Kier alpha value is -0.690. The summed E-state index contributed by atoms with van der Waals surface area (Å²) < 4.78 is 6.88. The number of hydrogen-bond acceptors (Lipinski definition) is 5. The summed E-state index contributed by atoms with van der Waals surface area (Å²) in [6.07, 6.45) is 3.27. The molecule has 0 radical (unpaired) electrons. The van der Waals surface area contributed by atoms with Gasteiger partial charge in [0.15, 0.2) is 17.5 Å². The Labute approximate surface area is 186 Å². The fourth-order valence-corrected chi connectivity index (χ4v) is 2.60.